The minimum atomic E-state index is 0.432. The van der Waals surface area contributed by atoms with Gasteiger partial charge in [0, 0.05) is 60.4 Å². The Morgan fingerprint density at radius 1 is 1.07 bits per heavy atom. The van der Waals surface area contributed by atoms with Crippen molar-refractivity contribution >= 4 is 27.9 Å². The number of hydrogen-bond donors (Lipinski definition) is 1. The van der Waals surface area contributed by atoms with E-state index in [-0.39, 0.29) is 0 Å². The zero-order valence-corrected chi connectivity index (χ0v) is 16.9. The van der Waals surface area contributed by atoms with Gasteiger partial charge in [-0.3, -0.25) is 0 Å². The molecule has 1 saturated heterocycles. The van der Waals surface area contributed by atoms with E-state index in [0.717, 1.165) is 36.5 Å². The molecule has 6 heteroatoms. The van der Waals surface area contributed by atoms with E-state index in [1.54, 1.807) is 6.20 Å². The zero-order chi connectivity index (χ0) is 20.1. The summed E-state index contributed by atoms with van der Waals surface area (Å²) in [4.78, 5) is 11.1. The van der Waals surface area contributed by atoms with Gasteiger partial charge in [0.2, 0.25) is 0 Å². The van der Waals surface area contributed by atoms with Crippen molar-refractivity contribution < 1.29 is 4.74 Å². The normalized spacial score (nSPS) is 23.3. The first-order valence-electron chi connectivity index (χ1n) is 10.6. The summed E-state index contributed by atoms with van der Waals surface area (Å²) in [7, 11) is 0. The standard InChI is InChI=1S/C24H25N5O/c25-23-20-2-1-3-21(19(20)4-7-27-23)29-10-6-24(16-29)13-17(14-24)15-30-18-5-9-28-11-8-26-22(28)12-18/h1-5,7-9,11-12,17H,6,10,13-16H2,(H2,25,27). The van der Waals surface area contributed by atoms with E-state index < -0.39 is 0 Å². The van der Waals surface area contributed by atoms with Crippen LogP contribution < -0.4 is 15.4 Å². The summed E-state index contributed by atoms with van der Waals surface area (Å²) in [5.74, 6) is 2.15. The molecule has 0 amide bonds. The fourth-order valence-corrected chi connectivity index (χ4v) is 5.44. The maximum Gasteiger partial charge on any atom is 0.140 e. The Labute approximate surface area is 175 Å². The van der Waals surface area contributed by atoms with Crippen molar-refractivity contribution in [2.45, 2.75) is 19.3 Å². The Bertz CT molecular complexity index is 1230. The summed E-state index contributed by atoms with van der Waals surface area (Å²) in [6, 6.07) is 12.5. The molecule has 2 fully saturated rings. The van der Waals surface area contributed by atoms with Crippen molar-refractivity contribution in [1.29, 1.82) is 0 Å². The van der Waals surface area contributed by atoms with E-state index >= 15 is 0 Å². The summed E-state index contributed by atoms with van der Waals surface area (Å²) >= 11 is 0. The van der Waals surface area contributed by atoms with Crippen molar-refractivity contribution in [2.24, 2.45) is 11.3 Å². The van der Waals surface area contributed by atoms with E-state index in [1.165, 1.54) is 30.3 Å². The lowest BCUT2D eigenvalue weighted by atomic mass is 9.62. The predicted octanol–water partition coefficient (Wildman–Crippen LogP) is 4.15. The maximum atomic E-state index is 6.09. The van der Waals surface area contributed by atoms with Crippen LogP contribution in [0.1, 0.15) is 19.3 Å². The molecule has 0 bridgehead atoms. The van der Waals surface area contributed by atoms with Crippen LogP contribution in [0.4, 0.5) is 11.5 Å². The lowest BCUT2D eigenvalue weighted by Crippen LogP contribution is -2.42. The number of rotatable bonds is 4. The number of benzene rings is 1. The molecule has 0 atom stereocenters. The van der Waals surface area contributed by atoms with Gasteiger partial charge >= 0.3 is 0 Å². The molecule has 0 unspecified atom stereocenters. The Morgan fingerprint density at radius 2 is 2.00 bits per heavy atom. The van der Waals surface area contributed by atoms with Crippen molar-refractivity contribution in [3.05, 3.63) is 61.2 Å². The van der Waals surface area contributed by atoms with Crippen LogP contribution in [0.3, 0.4) is 0 Å². The summed E-state index contributed by atoms with van der Waals surface area (Å²) in [6.07, 6.45) is 11.3. The van der Waals surface area contributed by atoms with Gasteiger partial charge < -0.3 is 19.8 Å². The maximum absolute atomic E-state index is 6.09. The van der Waals surface area contributed by atoms with Gasteiger partial charge in [-0.25, -0.2) is 9.97 Å². The number of nitrogens with zero attached hydrogens (tertiary/aromatic N) is 4. The van der Waals surface area contributed by atoms with E-state index in [0.29, 0.717) is 17.2 Å². The Morgan fingerprint density at radius 3 is 2.93 bits per heavy atom. The molecule has 1 aliphatic carbocycles. The predicted molar refractivity (Wildman–Crippen MR) is 119 cm³/mol. The molecular formula is C24H25N5O. The fourth-order valence-electron chi connectivity index (χ4n) is 5.44. The molecule has 0 radical (unpaired) electrons. The molecule has 1 saturated carbocycles. The average Bonchev–Trinajstić information content (AvgIpc) is 3.38. The number of anilines is 2. The number of imidazole rings is 1. The Balaban J connectivity index is 1.11. The van der Waals surface area contributed by atoms with E-state index in [1.807, 2.05) is 35.1 Å². The number of nitrogens with two attached hydrogens (primary N) is 1. The highest BCUT2D eigenvalue weighted by molar-refractivity contribution is 5.99. The van der Waals surface area contributed by atoms with Crippen LogP contribution in [-0.4, -0.2) is 34.1 Å². The summed E-state index contributed by atoms with van der Waals surface area (Å²) in [6.45, 7) is 3.01. The molecule has 30 heavy (non-hydrogen) atoms. The summed E-state index contributed by atoms with van der Waals surface area (Å²) < 4.78 is 8.08. The Hall–Kier alpha value is -3.28. The smallest absolute Gasteiger partial charge is 0.140 e. The highest BCUT2D eigenvalue weighted by Crippen LogP contribution is 2.53. The zero-order valence-electron chi connectivity index (χ0n) is 16.9. The Kier molecular flexibility index (Phi) is 3.88. The van der Waals surface area contributed by atoms with Crippen molar-refractivity contribution in [1.82, 2.24) is 14.4 Å². The molecule has 6 rings (SSSR count). The molecule has 1 spiro atoms. The van der Waals surface area contributed by atoms with Crippen molar-refractivity contribution in [3.8, 4) is 5.75 Å². The SMILES string of the molecule is Nc1nccc2c(N3CCC4(CC(COc5ccn6ccnc6c5)C4)C3)cccc12. The number of fused-ring (bicyclic) bond motifs is 2. The number of ether oxygens (including phenoxy) is 1. The monoisotopic (exact) mass is 399 g/mol. The van der Waals surface area contributed by atoms with Crippen LogP contribution in [0.15, 0.2) is 61.2 Å². The van der Waals surface area contributed by atoms with Gasteiger partial charge in [-0.2, -0.15) is 0 Å². The van der Waals surface area contributed by atoms with E-state index in [9.17, 15) is 0 Å². The molecule has 2 aliphatic rings. The third-order valence-electron chi connectivity index (χ3n) is 6.89. The highest BCUT2D eigenvalue weighted by atomic mass is 16.5. The van der Waals surface area contributed by atoms with Crippen LogP contribution in [0.2, 0.25) is 0 Å². The molecule has 6 nitrogen and oxygen atoms in total. The van der Waals surface area contributed by atoms with Crippen LogP contribution >= 0.6 is 0 Å². The second-order valence-electron chi connectivity index (χ2n) is 8.88. The highest BCUT2D eigenvalue weighted by Gasteiger charge is 2.48. The van der Waals surface area contributed by atoms with Gasteiger partial charge in [-0.1, -0.05) is 12.1 Å². The molecule has 1 aliphatic heterocycles. The quantitative estimate of drug-likeness (QED) is 0.558. The summed E-state index contributed by atoms with van der Waals surface area (Å²) in [5.41, 5.74) is 8.73. The average molecular weight is 399 g/mol. The fraction of sp³-hybridized carbons (Fsp3) is 0.333. The van der Waals surface area contributed by atoms with Crippen molar-refractivity contribution in [3.63, 3.8) is 0 Å². The second-order valence-corrected chi connectivity index (χ2v) is 8.88. The molecule has 1 aromatic carbocycles. The van der Waals surface area contributed by atoms with E-state index in [2.05, 4.69) is 39.1 Å². The largest absolute Gasteiger partial charge is 0.493 e. The minimum Gasteiger partial charge on any atom is -0.493 e. The van der Waals surface area contributed by atoms with Gasteiger partial charge in [0.25, 0.3) is 0 Å². The van der Waals surface area contributed by atoms with Crippen LogP contribution in [0.5, 0.6) is 5.75 Å². The first-order chi connectivity index (χ1) is 14.7. The molecule has 4 aromatic rings. The third kappa shape index (κ3) is 2.86. The number of aromatic nitrogens is 3. The van der Waals surface area contributed by atoms with Crippen LogP contribution in [-0.2, 0) is 0 Å². The van der Waals surface area contributed by atoms with Crippen molar-refractivity contribution in [2.75, 3.05) is 30.3 Å². The first-order valence-corrected chi connectivity index (χ1v) is 10.6. The summed E-state index contributed by atoms with van der Waals surface area (Å²) in [5, 5.41) is 2.25. The van der Waals surface area contributed by atoms with Gasteiger partial charge in [0.1, 0.15) is 17.2 Å². The van der Waals surface area contributed by atoms with Gasteiger partial charge in [0.15, 0.2) is 0 Å². The molecule has 3 aromatic heterocycles. The van der Waals surface area contributed by atoms with Crippen LogP contribution in [0.25, 0.3) is 16.4 Å². The molecule has 4 heterocycles. The second kappa shape index (κ2) is 6.62. The van der Waals surface area contributed by atoms with Gasteiger partial charge in [0.05, 0.1) is 6.61 Å². The van der Waals surface area contributed by atoms with Gasteiger partial charge in [-0.15, -0.1) is 0 Å². The lowest BCUT2D eigenvalue weighted by molar-refractivity contribution is 0.0420. The third-order valence-corrected chi connectivity index (χ3v) is 6.89. The number of pyridine rings is 2. The van der Waals surface area contributed by atoms with E-state index in [4.69, 9.17) is 10.5 Å². The first kappa shape index (κ1) is 17.6. The van der Waals surface area contributed by atoms with Crippen LogP contribution in [0, 0.1) is 11.3 Å². The topological polar surface area (TPSA) is 68.7 Å². The number of hydrogen-bond acceptors (Lipinski definition) is 5. The molecule has 152 valence electrons. The minimum absolute atomic E-state index is 0.432. The molecular weight excluding hydrogens is 374 g/mol. The molecule has 2 N–H and O–H groups in total. The number of nitrogen functional groups attached to an aromatic ring is 1. The lowest BCUT2D eigenvalue weighted by Gasteiger charge is -2.45. The van der Waals surface area contributed by atoms with Gasteiger partial charge in [-0.05, 0) is 48.8 Å².